The topological polar surface area (TPSA) is 165 Å². The Balaban J connectivity index is 1.86. The number of pyridine rings is 1. The first-order valence-electron chi connectivity index (χ1n) is 11.6. The van der Waals surface area contributed by atoms with Crippen molar-refractivity contribution in [3.05, 3.63) is 57.5 Å². The van der Waals surface area contributed by atoms with Crippen LogP contribution >= 0.6 is 11.8 Å². The molecule has 1 unspecified atom stereocenters. The lowest BCUT2D eigenvalue weighted by Gasteiger charge is -2.28. The van der Waals surface area contributed by atoms with Gasteiger partial charge in [-0.2, -0.15) is 30.7 Å². The van der Waals surface area contributed by atoms with E-state index in [1.807, 2.05) is 0 Å². The summed E-state index contributed by atoms with van der Waals surface area (Å²) in [4.78, 5) is 43.5. The van der Waals surface area contributed by atoms with E-state index in [9.17, 15) is 54.8 Å². The number of amidine groups is 1. The minimum Gasteiger partial charge on any atom is -0.447 e. The molecule has 1 saturated heterocycles. The van der Waals surface area contributed by atoms with Crippen molar-refractivity contribution in [2.24, 2.45) is 10.8 Å². The number of ether oxygens (including phenoxy) is 1. The Bertz CT molecular complexity index is 1440. The monoisotopic (exact) mass is 645 g/mol. The fraction of sp³-hybridized carbons (Fsp3) is 0.364. The Labute approximate surface area is 239 Å². The molecule has 1 aromatic carbocycles. The number of amides is 2. The van der Waals surface area contributed by atoms with Gasteiger partial charge in [0.15, 0.2) is 16.8 Å². The molecule has 21 heteroatoms. The summed E-state index contributed by atoms with van der Waals surface area (Å²) in [5.41, 5.74) is -1.04. The number of non-ortho nitro benzene ring substituents is 1. The number of anilines is 1. The molecule has 1 aliphatic heterocycles. The highest BCUT2D eigenvalue weighted by Crippen LogP contribution is 2.51. The molecule has 4 N–H and O–H groups in total. The molecule has 3 rings (SSSR count). The van der Waals surface area contributed by atoms with Gasteiger partial charge in [-0.3, -0.25) is 19.9 Å². The number of nitrogens with one attached hydrogen (secondary N) is 2. The predicted octanol–water partition coefficient (Wildman–Crippen LogP) is 4.42. The number of hydrogen-bond donors (Lipinski definition) is 3. The summed E-state index contributed by atoms with van der Waals surface area (Å²) >= 11 is 0.666. The van der Waals surface area contributed by atoms with Crippen LogP contribution in [-0.2, 0) is 10.7 Å². The van der Waals surface area contributed by atoms with Crippen LogP contribution in [0.15, 0.2) is 40.4 Å². The van der Waals surface area contributed by atoms with Crippen molar-refractivity contribution >= 4 is 40.4 Å². The average molecular weight is 645 g/mol. The Morgan fingerprint density at radius 3 is 2.47 bits per heavy atom. The fourth-order valence-electron chi connectivity index (χ4n) is 3.46. The van der Waals surface area contributed by atoms with Gasteiger partial charge in [0.05, 0.1) is 23.1 Å². The Morgan fingerprint density at radius 1 is 1.26 bits per heavy atom. The second-order valence-corrected chi connectivity index (χ2v) is 9.68. The molecule has 1 atom stereocenters. The van der Waals surface area contributed by atoms with E-state index in [0.717, 1.165) is 18.2 Å². The Morgan fingerprint density at radius 2 is 1.93 bits per heavy atom. The maximum Gasteiger partial charge on any atom is 0.460 e. The highest BCUT2D eigenvalue weighted by molar-refractivity contribution is 8.13. The van der Waals surface area contributed by atoms with Crippen molar-refractivity contribution in [3.63, 3.8) is 0 Å². The van der Waals surface area contributed by atoms with E-state index in [-0.39, 0.29) is 48.1 Å². The van der Waals surface area contributed by atoms with Crippen molar-refractivity contribution in [1.82, 2.24) is 15.3 Å². The van der Waals surface area contributed by atoms with Crippen LogP contribution in [0.5, 0.6) is 0 Å². The van der Waals surface area contributed by atoms with Crippen molar-refractivity contribution < 1.29 is 54.4 Å². The first kappa shape index (κ1) is 33.2. The maximum atomic E-state index is 14.5. The number of nitro benzene ring substituents is 1. The van der Waals surface area contributed by atoms with E-state index >= 15 is 0 Å². The zero-order chi connectivity index (χ0) is 32.3. The lowest BCUT2D eigenvalue weighted by atomic mass is 10.0. The predicted molar refractivity (Wildman–Crippen MR) is 133 cm³/mol. The van der Waals surface area contributed by atoms with Crippen molar-refractivity contribution in [3.8, 4) is 0 Å². The second-order valence-electron chi connectivity index (χ2n) is 8.65. The summed E-state index contributed by atoms with van der Waals surface area (Å²) in [7, 11) is 0. The largest absolute Gasteiger partial charge is 0.460 e. The molecule has 2 amide bonds. The van der Waals surface area contributed by atoms with E-state index in [4.69, 9.17) is 10.6 Å². The number of alkyl halides is 7. The van der Waals surface area contributed by atoms with E-state index in [1.165, 1.54) is 4.90 Å². The van der Waals surface area contributed by atoms with E-state index < -0.39 is 63.4 Å². The number of hydrazine groups is 1. The molecule has 0 spiro atoms. The molecular weight excluding hydrogens is 626 g/mol. The third kappa shape index (κ3) is 7.04. The number of carbonyl (C=O) groups is 2. The number of nitrogens with zero attached hydrogens (tertiary/aromatic N) is 4. The van der Waals surface area contributed by atoms with Crippen LogP contribution in [0, 0.1) is 15.9 Å². The third-order valence-corrected chi connectivity index (χ3v) is 6.76. The lowest BCUT2D eigenvalue weighted by molar-refractivity contribution is -0.384. The van der Waals surface area contributed by atoms with Gasteiger partial charge in [0, 0.05) is 35.3 Å². The molecule has 0 saturated carbocycles. The molecule has 1 aliphatic rings. The maximum absolute atomic E-state index is 14.5. The van der Waals surface area contributed by atoms with Gasteiger partial charge in [0.25, 0.3) is 11.6 Å². The van der Waals surface area contributed by atoms with Gasteiger partial charge in [-0.25, -0.2) is 20.0 Å². The summed E-state index contributed by atoms with van der Waals surface area (Å²) in [6.07, 6.45) is -7.44. The number of carbonyl (C=O) groups excluding carboxylic acids is 2. The van der Waals surface area contributed by atoms with Gasteiger partial charge in [-0.05, 0) is 19.1 Å². The zero-order valence-electron chi connectivity index (χ0n) is 21.4. The second kappa shape index (κ2) is 12.5. The van der Waals surface area contributed by atoms with Gasteiger partial charge in [0.1, 0.15) is 6.61 Å². The molecule has 2 aromatic rings. The van der Waals surface area contributed by atoms with Gasteiger partial charge in [-0.1, -0.05) is 11.8 Å². The molecule has 0 aliphatic carbocycles. The normalized spacial score (nSPS) is 16.2. The van der Waals surface area contributed by atoms with Crippen LogP contribution < -0.4 is 16.6 Å². The highest BCUT2D eigenvalue weighted by Gasteiger charge is 2.73. The van der Waals surface area contributed by atoms with E-state index in [1.54, 1.807) is 12.2 Å². The average Bonchev–Trinajstić information content (AvgIpc) is 3.24. The molecule has 2 heterocycles. The molecule has 0 radical (unpaired) electrons. The number of nitro groups is 1. The molecule has 1 fully saturated rings. The number of rotatable bonds is 9. The SMILES string of the molecule is CC1COC(=O)N1CCN=C(NN)Sc1ccc([N+](=O)[O-])cc1C(=O)Nc1ncc(C(F)(F)C(F)(F)C(F)(F)F)cc1F. The summed E-state index contributed by atoms with van der Waals surface area (Å²) in [5, 5.41) is 13.0. The van der Waals surface area contributed by atoms with Gasteiger partial charge in [-0.15, -0.1) is 0 Å². The third-order valence-electron chi connectivity index (χ3n) is 5.75. The first-order valence-corrected chi connectivity index (χ1v) is 12.4. The lowest BCUT2D eigenvalue weighted by Crippen LogP contribution is -2.50. The number of nitrogens with two attached hydrogens (primary N) is 1. The smallest absolute Gasteiger partial charge is 0.447 e. The van der Waals surface area contributed by atoms with Crippen molar-refractivity contribution in [2.45, 2.75) is 35.9 Å². The molecule has 12 nitrogen and oxygen atoms in total. The van der Waals surface area contributed by atoms with Crippen LogP contribution in [0.4, 0.5) is 51.4 Å². The molecule has 1 aromatic heterocycles. The van der Waals surface area contributed by atoms with Crippen LogP contribution in [0.25, 0.3) is 0 Å². The van der Waals surface area contributed by atoms with Crippen LogP contribution in [0.2, 0.25) is 0 Å². The number of thioether (sulfide) groups is 1. The number of aliphatic imine (C=N–C) groups is 1. The zero-order valence-corrected chi connectivity index (χ0v) is 22.2. The van der Waals surface area contributed by atoms with Crippen LogP contribution in [0.3, 0.4) is 0 Å². The van der Waals surface area contributed by atoms with Crippen LogP contribution in [-0.4, -0.2) is 69.8 Å². The number of benzene rings is 1. The number of cyclic esters (lactones) is 1. The van der Waals surface area contributed by atoms with E-state index in [2.05, 4.69) is 15.4 Å². The molecule has 43 heavy (non-hydrogen) atoms. The van der Waals surface area contributed by atoms with Crippen LogP contribution in [0.1, 0.15) is 22.8 Å². The fourth-order valence-corrected chi connectivity index (χ4v) is 4.28. The van der Waals surface area contributed by atoms with Gasteiger partial charge < -0.3 is 20.4 Å². The Hall–Kier alpha value is -4.27. The minimum absolute atomic E-state index is 0.0000171. The van der Waals surface area contributed by atoms with E-state index in [0.29, 0.717) is 11.8 Å². The molecular formula is C22H19F8N7O5S. The summed E-state index contributed by atoms with van der Waals surface area (Å²) in [5.74, 6) is -11.4. The number of aromatic nitrogens is 1. The van der Waals surface area contributed by atoms with Crippen molar-refractivity contribution in [1.29, 1.82) is 0 Å². The summed E-state index contributed by atoms with van der Waals surface area (Å²) < 4.78 is 111. The van der Waals surface area contributed by atoms with Gasteiger partial charge >= 0.3 is 24.1 Å². The van der Waals surface area contributed by atoms with Gasteiger partial charge in [0.2, 0.25) is 0 Å². The molecule has 234 valence electrons. The molecule has 0 bridgehead atoms. The Kier molecular flexibility index (Phi) is 9.69. The van der Waals surface area contributed by atoms with Crippen molar-refractivity contribution in [2.75, 3.05) is 25.0 Å². The standard InChI is InChI=1S/C22H19F8N7O5S/c1-10-9-42-19(39)36(10)5-4-32-18(35-31)43-15-3-2-12(37(40)41)7-13(15)17(38)34-16-14(23)6-11(8-33-16)20(24,25)21(26,27)22(28,29)30/h2-3,6-8,10H,4-5,9,31H2,1H3,(H,32,35)(H,33,34,38). The minimum atomic E-state index is -6.69. The quantitative estimate of drug-likeness (QED) is 0.0681. The summed E-state index contributed by atoms with van der Waals surface area (Å²) in [6, 6.07) is 2.25. The number of hydrogen-bond acceptors (Lipinski definition) is 9. The number of halogens is 8. The highest BCUT2D eigenvalue weighted by atomic mass is 32.2. The first-order chi connectivity index (χ1) is 19.9. The summed E-state index contributed by atoms with van der Waals surface area (Å²) in [6.45, 7) is 2.04.